The van der Waals surface area contributed by atoms with Gasteiger partial charge in [0.2, 0.25) is 0 Å². The molecule has 9 heteroatoms. The van der Waals surface area contributed by atoms with Gasteiger partial charge in [-0.05, 0) is 43.7 Å². The predicted octanol–water partition coefficient (Wildman–Crippen LogP) is 4.79. The van der Waals surface area contributed by atoms with Crippen molar-refractivity contribution in [2.45, 2.75) is 31.6 Å². The van der Waals surface area contributed by atoms with Crippen LogP contribution in [0.1, 0.15) is 26.7 Å². The highest BCUT2D eigenvalue weighted by atomic mass is 32.2. The molecular weight excluding hydrogens is 418 g/mol. The van der Waals surface area contributed by atoms with Crippen molar-refractivity contribution < 1.29 is 23.6 Å². The highest BCUT2D eigenvalue weighted by molar-refractivity contribution is 7.94. The van der Waals surface area contributed by atoms with Gasteiger partial charge in [0.05, 0.1) is 23.3 Å². The van der Waals surface area contributed by atoms with Gasteiger partial charge in [-0.15, -0.1) is 0 Å². The summed E-state index contributed by atoms with van der Waals surface area (Å²) >= 11 is 1.45. The lowest BCUT2D eigenvalue weighted by molar-refractivity contribution is -0.139. The van der Waals surface area contributed by atoms with Crippen molar-refractivity contribution in [3.05, 3.63) is 48.6 Å². The highest BCUT2D eigenvalue weighted by Crippen LogP contribution is 2.25. The first-order chi connectivity index (χ1) is 14.9. The maximum absolute atomic E-state index is 11.0. The van der Waals surface area contributed by atoms with E-state index in [-0.39, 0.29) is 24.7 Å². The van der Waals surface area contributed by atoms with Gasteiger partial charge in [0.15, 0.2) is 0 Å². The van der Waals surface area contributed by atoms with E-state index in [1.807, 2.05) is 0 Å². The van der Waals surface area contributed by atoms with Crippen LogP contribution in [0.5, 0.6) is 11.5 Å². The van der Waals surface area contributed by atoms with Gasteiger partial charge in [0, 0.05) is 28.6 Å². The van der Waals surface area contributed by atoms with Gasteiger partial charge in [-0.3, -0.25) is 10.2 Å². The minimum absolute atomic E-state index is 0.0403. The number of nitrogens with one attached hydrogen (secondary N) is 2. The Hall–Kier alpha value is -3.04. The Morgan fingerprint density at radius 2 is 1.90 bits per heavy atom. The number of aromatic nitrogens is 2. The van der Waals surface area contributed by atoms with Crippen molar-refractivity contribution >= 4 is 34.7 Å². The molecule has 0 spiro atoms. The number of aromatic amines is 2. The Morgan fingerprint density at radius 3 is 2.52 bits per heavy atom. The van der Waals surface area contributed by atoms with Crippen LogP contribution in [0, 0.1) is 0 Å². The highest BCUT2D eigenvalue weighted by Gasteiger charge is 2.04. The van der Waals surface area contributed by atoms with Crippen molar-refractivity contribution in [3.63, 3.8) is 0 Å². The number of esters is 1. The number of phenols is 1. The number of rotatable bonds is 10. The van der Waals surface area contributed by atoms with Gasteiger partial charge in [-0.1, -0.05) is 19.9 Å². The summed E-state index contributed by atoms with van der Waals surface area (Å²) in [7, 11) is 0. The molecule has 0 saturated carbocycles. The van der Waals surface area contributed by atoms with Gasteiger partial charge in [0.25, 0.3) is 0 Å². The van der Waals surface area contributed by atoms with E-state index in [0.29, 0.717) is 11.3 Å². The molecule has 31 heavy (non-hydrogen) atoms. The molecule has 8 nitrogen and oxygen atoms in total. The number of hydrogen-bond donors (Lipinski definition) is 4. The maximum atomic E-state index is 11.0. The van der Waals surface area contributed by atoms with E-state index in [9.17, 15) is 9.90 Å². The molecule has 3 aromatic rings. The lowest BCUT2D eigenvalue weighted by Gasteiger charge is -2.08. The largest absolute Gasteiger partial charge is 0.506 e. The molecule has 168 valence electrons. The zero-order chi connectivity index (χ0) is 22.6. The summed E-state index contributed by atoms with van der Waals surface area (Å²) in [4.78, 5) is 12.2. The number of unbranched alkanes of at least 4 members (excludes halogenated alkanes) is 1. The van der Waals surface area contributed by atoms with E-state index in [0.717, 1.165) is 29.0 Å². The molecule has 1 aromatic heterocycles. The second-order valence-corrected chi connectivity index (χ2v) is 7.58. The van der Waals surface area contributed by atoms with Gasteiger partial charge < -0.3 is 24.5 Å². The molecule has 0 aliphatic rings. The predicted molar refractivity (Wildman–Crippen MR) is 123 cm³/mol. The number of phenolic OH excluding ortho intramolecular Hbond substituents is 1. The number of nitrogens with two attached hydrogens (primary N) is 1. The van der Waals surface area contributed by atoms with Crippen LogP contribution in [-0.2, 0) is 13.7 Å². The number of nitrogen functional groups attached to an aromatic ring is 1. The van der Waals surface area contributed by atoms with Crippen molar-refractivity contribution in [2.75, 3.05) is 25.6 Å². The normalized spacial score (nSPS) is 10.4. The fourth-order valence-corrected chi connectivity index (χ4v) is 2.83. The number of hydrogen-bond acceptors (Lipinski definition) is 7. The van der Waals surface area contributed by atoms with Crippen LogP contribution >= 0.6 is 12.0 Å². The molecule has 0 saturated heterocycles. The number of fused-ring (bicyclic) bond motifs is 1. The van der Waals surface area contributed by atoms with Crippen LogP contribution in [0.4, 0.5) is 5.69 Å². The molecule has 0 atom stereocenters. The molecule has 5 N–H and O–H groups in total. The average molecular weight is 448 g/mol. The fraction of sp³-hybridized carbons (Fsp3) is 0.318. The third-order valence-corrected chi connectivity index (χ3v) is 4.73. The summed E-state index contributed by atoms with van der Waals surface area (Å²) in [6, 6.07) is 10.7. The molecule has 0 aliphatic heterocycles. The van der Waals surface area contributed by atoms with Crippen LogP contribution in [0.15, 0.2) is 53.4 Å². The molecule has 1 heterocycles. The molecular formula is C22H29N3O5S. The van der Waals surface area contributed by atoms with E-state index in [1.54, 1.807) is 13.0 Å². The number of carbonyl (C=O) groups excluding carboxylic acids is 1. The first-order valence-electron chi connectivity index (χ1n) is 9.90. The zero-order valence-corrected chi connectivity index (χ0v) is 18.6. The number of ether oxygens (including phenoxy) is 2. The maximum Gasteiger partial charge on any atom is 0.333 e. The van der Waals surface area contributed by atoms with Gasteiger partial charge >= 0.3 is 5.97 Å². The number of aromatic hydroxyl groups is 1. The zero-order valence-electron chi connectivity index (χ0n) is 17.8. The molecule has 2 aromatic carbocycles. The van der Waals surface area contributed by atoms with Crippen molar-refractivity contribution in [1.29, 1.82) is 0 Å². The van der Waals surface area contributed by atoms with Crippen LogP contribution in [-0.4, -0.2) is 41.1 Å². The van der Waals surface area contributed by atoms with Gasteiger partial charge in [-0.25, -0.2) is 4.79 Å². The van der Waals surface area contributed by atoms with Crippen LogP contribution in [0.2, 0.25) is 0 Å². The first kappa shape index (κ1) is 24.2. The average Bonchev–Trinajstić information content (AvgIpc) is 2.73. The van der Waals surface area contributed by atoms with Crippen LogP contribution in [0.25, 0.3) is 11.0 Å². The van der Waals surface area contributed by atoms with Crippen LogP contribution < -0.4 is 10.5 Å². The van der Waals surface area contributed by atoms with Gasteiger partial charge in [-0.2, -0.15) is 0 Å². The minimum atomic E-state index is -0.450. The number of anilines is 1. The van der Waals surface area contributed by atoms with E-state index in [1.165, 1.54) is 30.6 Å². The summed E-state index contributed by atoms with van der Waals surface area (Å²) in [6.45, 7) is 8.33. The molecule has 0 radical (unpaired) electrons. The number of benzene rings is 2. The molecule has 0 aliphatic carbocycles. The molecule has 0 amide bonds. The smallest absolute Gasteiger partial charge is 0.333 e. The summed E-state index contributed by atoms with van der Waals surface area (Å²) < 4.78 is 15.5. The van der Waals surface area contributed by atoms with E-state index in [4.69, 9.17) is 19.4 Å². The lowest BCUT2D eigenvalue weighted by atomic mass is 10.3. The van der Waals surface area contributed by atoms with E-state index < -0.39 is 5.97 Å². The molecule has 0 unspecified atom stereocenters. The summed E-state index contributed by atoms with van der Waals surface area (Å²) in [5, 5.41) is 15.3. The van der Waals surface area contributed by atoms with Crippen molar-refractivity contribution in [2.24, 2.45) is 0 Å². The molecule has 0 fully saturated rings. The molecule has 0 bridgehead atoms. The second kappa shape index (κ2) is 12.6. The Morgan fingerprint density at radius 1 is 1.13 bits per heavy atom. The topological polar surface area (TPSA) is 123 Å². The Kier molecular flexibility index (Phi) is 9.86. The SMILES string of the molecule is C=C(C)C(=O)OCCOc1ccc(N)c(O)c1.CCCCOSc1ccc2[nH][nH]c2c1. The number of H-pyrrole nitrogens is 2. The lowest BCUT2D eigenvalue weighted by Crippen LogP contribution is -2.12. The van der Waals surface area contributed by atoms with Gasteiger partial charge in [0.1, 0.15) is 24.7 Å². The first-order valence-corrected chi connectivity index (χ1v) is 10.6. The Balaban J connectivity index is 0.000000224. The minimum Gasteiger partial charge on any atom is -0.506 e. The summed E-state index contributed by atoms with van der Waals surface area (Å²) in [5.41, 5.74) is 8.36. The standard InChI is InChI=1S/C12H15NO4.C10H14N2OS/c1-8(2)12(15)17-6-5-16-9-3-4-10(13)11(14)7-9;1-2-3-6-13-14-8-4-5-9-10(7-8)12-11-9/h3-4,7,14H,1,5-6,13H2,2H3;4-5,7,11-12H,2-3,6H2,1H3. The Labute approximate surface area is 185 Å². The second-order valence-electron chi connectivity index (χ2n) is 6.70. The quantitative estimate of drug-likeness (QED) is 0.0880. The number of carbonyl (C=O) groups is 1. The van der Waals surface area contributed by atoms with Crippen molar-refractivity contribution in [1.82, 2.24) is 10.2 Å². The third kappa shape index (κ3) is 8.31. The summed E-state index contributed by atoms with van der Waals surface area (Å²) in [5.74, 6) is -0.0294. The van der Waals surface area contributed by atoms with Crippen molar-refractivity contribution in [3.8, 4) is 11.5 Å². The van der Waals surface area contributed by atoms with E-state index >= 15 is 0 Å². The fourth-order valence-electron chi connectivity index (χ4n) is 2.20. The third-order valence-electron chi connectivity index (χ3n) is 3.99. The Bertz CT molecular complexity index is 983. The van der Waals surface area contributed by atoms with E-state index in [2.05, 4.69) is 41.9 Å². The van der Waals surface area contributed by atoms with Crippen LogP contribution in [0.3, 0.4) is 0 Å². The molecule has 3 rings (SSSR count). The summed E-state index contributed by atoms with van der Waals surface area (Å²) in [6.07, 6.45) is 2.30. The monoisotopic (exact) mass is 447 g/mol.